The minimum absolute atomic E-state index is 0.235. The number of nitrogens with zero attached hydrogens (tertiary/aromatic N) is 7. The number of aromatic amines is 1. The van der Waals surface area contributed by atoms with Gasteiger partial charge in [0.05, 0.1) is 12.2 Å². The summed E-state index contributed by atoms with van der Waals surface area (Å²) in [5, 5.41) is 22.1. The first-order valence-corrected chi connectivity index (χ1v) is 11.1. The Morgan fingerprint density at radius 3 is 2.70 bits per heavy atom. The van der Waals surface area contributed by atoms with E-state index < -0.39 is 0 Å². The van der Waals surface area contributed by atoms with Crippen LogP contribution in [0.25, 0.3) is 5.70 Å². The van der Waals surface area contributed by atoms with Crippen LogP contribution in [0.5, 0.6) is 5.75 Å². The maximum Gasteiger partial charge on any atom is 0.215 e. The Labute approximate surface area is 193 Å². The van der Waals surface area contributed by atoms with Crippen LogP contribution in [0.1, 0.15) is 49.1 Å². The van der Waals surface area contributed by atoms with Crippen LogP contribution in [0.2, 0.25) is 0 Å². The van der Waals surface area contributed by atoms with Gasteiger partial charge in [-0.25, -0.2) is 4.98 Å². The molecular formula is C23H32N8O2. The van der Waals surface area contributed by atoms with Crippen molar-refractivity contribution in [2.24, 2.45) is 0 Å². The van der Waals surface area contributed by atoms with Gasteiger partial charge in [0.25, 0.3) is 0 Å². The van der Waals surface area contributed by atoms with Gasteiger partial charge in [0.15, 0.2) is 11.6 Å². The van der Waals surface area contributed by atoms with Crippen molar-refractivity contribution in [3.05, 3.63) is 53.8 Å². The number of hydrogen-bond donors (Lipinski definition) is 2. The second-order valence-corrected chi connectivity index (χ2v) is 8.04. The van der Waals surface area contributed by atoms with E-state index in [2.05, 4.69) is 38.9 Å². The van der Waals surface area contributed by atoms with Crippen molar-refractivity contribution in [1.82, 2.24) is 35.1 Å². The molecule has 2 aromatic heterocycles. The van der Waals surface area contributed by atoms with Gasteiger partial charge in [0.2, 0.25) is 6.41 Å². The molecule has 0 fully saturated rings. The number of aryl methyl sites for hydroxylation is 2. The number of amides is 1. The molecule has 0 unspecified atom stereocenters. The summed E-state index contributed by atoms with van der Waals surface area (Å²) in [6, 6.07) is 6.98. The number of nitrogens with one attached hydrogen (secondary N) is 1. The monoisotopic (exact) mass is 452 g/mol. The summed E-state index contributed by atoms with van der Waals surface area (Å²) in [4.78, 5) is 24.6. The van der Waals surface area contributed by atoms with Crippen molar-refractivity contribution in [2.75, 3.05) is 25.0 Å². The molecule has 0 aliphatic rings. The molecule has 10 heteroatoms. The summed E-state index contributed by atoms with van der Waals surface area (Å²) >= 11 is 0. The van der Waals surface area contributed by atoms with Crippen LogP contribution < -0.4 is 4.90 Å². The molecule has 176 valence electrons. The predicted octanol–water partition coefficient (Wildman–Crippen LogP) is 2.76. The number of carbonyl (C=O) groups excluding carboxylic acids is 1. The van der Waals surface area contributed by atoms with Crippen LogP contribution in [0.4, 0.5) is 5.82 Å². The van der Waals surface area contributed by atoms with Crippen molar-refractivity contribution >= 4 is 17.9 Å². The first-order valence-electron chi connectivity index (χ1n) is 11.1. The van der Waals surface area contributed by atoms with E-state index >= 15 is 0 Å². The van der Waals surface area contributed by atoms with Crippen LogP contribution in [0.3, 0.4) is 0 Å². The van der Waals surface area contributed by atoms with Crippen molar-refractivity contribution in [3.63, 3.8) is 0 Å². The highest BCUT2D eigenvalue weighted by Crippen LogP contribution is 2.25. The van der Waals surface area contributed by atoms with Gasteiger partial charge < -0.3 is 15.0 Å². The number of hydrogen-bond acceptors (Lipinski definition) is 7. The Kier molecular flexibility index (Phi) is 8.17. The Hall–Kier alpha value is -3.69. The van der Waals surface area contributed by atoms with E-state index in [9.17, 15) is 9.90 Å². The van der Waals surface area contributed by atoms with Gasteiger partial charge in [-0.1, -0.05) is 32.1 Å². The molecule has 0 spiro atoms. The first kappa shape index (κ1) is 24.0. The molecule has 10 nitrogen and oxygen atoms in total. The van der Waals surface area contributed by atoms with Crippen molar-refractivity contribution < 1.29 is 9.90 Å². The number of anilines is 1. The third kappa shape index (κ3) is 6.41. The Bertz CT molecular complexity index is 1060. The third-order valence-corrected chi connectivity index (χ3v) is 5.35. The highest BCUT2D eigenvalue weighted by Gasteiger charge is 2.19. The largest absolute Gasteiger partial charge is 0.508 e. The lowest BCUT2D eigenvalue weighted by Crippen LogP contribution is -2.25. The summed E-state index contributed by atoms with van der Waals surface area (Å²) in [5.74, 6) is 2.23. The number of carbonyl (C=O) groups is 1. The fourth-order valence-corrected chi connectivity index (χ4v) is 3.44. The molecular weight excluding hydrogens is 420 g/mol. The Balaban J connectivity index is 1.54. The fraction of sp³-hybridized carbons (Fsp3) is 0.435. The molecule has 0 bridgehead atoms. The average molecular weight is 453 g/mol. The molecule has 3 aromatic rings. The molecule has 33 heavy (non-hydrogen) atoms. The van der Waals surface area contributed by atoms with Crippen LogP contribution in [-0.2, 0) is 17.8 Å². The summed E-state index contributed by atoms with van der Waals surface area (Å²) in [7, 11) is 1.96. The molecule has 2 N–H and O–H groups in total. The standard InChI is InChI=1S/C23H32N8O2/c1-5-6-13-30(16-32)23-22(24-18(3)25-23)17(2)29(4)12-7-14-31-27-21(26-28-31)15-19-8-10-20(33)11-9-19/h8-11,16,33H,2,5-7,12-15H2,1,3-4H3,(H,24,25). The molecule has 2 heterocycles. The number of aromatic nitrogens is 6. The van der Waals surface area contributed by atoms with E-state index in [0.717, 1.165) is 55.0 Å². The normalized spacial score (nSPS) is 10.9. The molecule has 0 saturated heterocycles. The number of benzene rings is 1. The molecule has 0 aliphatic heterocycles. The molecule has 0 radical (unpaired) electrons. The van der Waals surface area contributed by atoms with Gasteiger partial charge in [0, 0.05) is 26.6 Å². The van der Waals surface area contributed by atoms with Gasteiger partial charge in [0.1, 0.15) is 17.3 Å². The smallest absolute Gasteiger partial charge is 0.215 e. The lowest BCUT2D eigenvalue weighted by Gasteiger charge is -2.23. The van der Waals surface area contributed by atoms with Gasteiger partial charge in [-0.2, -0.15) is 4.80 Å². The highest BCUT2D eigenvalue weighted by atomic mass is 16.3. The van der Waals surface area contributed by atoms with Crippen molar-refractivity contribution in [2.45, 2.75) is 46.1 Å². The molecule has 1 aromatic carbocycles. The zero-order chi connectivity index (χ0) is 23.8. The lowest BCUT2D eigenvalue weighted by atomic mass is 10.1. The van der Waals surface area contributed by atoms with E-state index in [-0.39, 0.29) is 5.75 Å². The minimum Gasteiger partial charge on any atom is -0.508 e. The van der Waals surface area contributed by atoms with E-state index in [1.54, 1.807) is 21.8 Å². The molecule has 0 aliphatic carbocycles. The molecule has 3 rings (SSSR count). The number of aromatic hydroxyl groups is 1. The molecule has 0 atom stereocenters. The average Bonchev–Trinajstić information content (AvgIpc) is 3.41. The zero-order valence-corrected chi connectivity index (χ0v) is 19.5. The number of rotatable bonds is 13. The molecule has 0 saturated carbocycles. The van der Waals surface area contributed by atoms with E-state index in [1.807, 2.05) is 31.0 Å². The Morgan fingerprint density at radius 2 is 2.00 bits per heavy atom. The number of unbranched alkanes of at least 4 members (excludes halogenated alkanes) is 1. The lowest BCUT2D eigenvalue weighted by molar-refractivity contribution is -0.107. The van der Waals surface area contributed by atoms with E-state index in [0.29, 0.717) is 31.2 Å². The first-order chi connectivity index (χ1) is 15.9. The highest BCUT2D eigenvalue weighted by molar-refractivity contribution is 5.80. The van der Waals surface area contributed by atoms with Crippen LogP contribution in [-0.4, -0.2) is 66.7 Å². The quantitative estimate of drug-likeness (QED) is 0.383. The number of H-pyrrole nitrogens is 1. The Morgan fingerprint density at radius 1 is 1.24 bits per heavy atom. The maximum absolute atomic E-state index is 11.6. The van der Waals surface area contributed by atoms with Gasteiger partial charge in [-0.3, -0.25) is 9.69 Å². The van der Waals surface area contributed by atoms with E-state index in [1.165, 1.54) is 0 Å². The van der Waals surface area contributed by atoms with Crippen LogP contribution in [0, 0.1) is 6.92 Å². The summed E-state index contributed by atoms with van der Waals surface area (Å²) in [6.07, 6.45) is 4.08. The minimum atomic E-state index is 0.235. The fourth-order valence-electron chi connectivity index (χ4n) is 3.44. The SMILES string of the molecule is C=C(c1[nH]c(C)nc1N(C=O)CCCC)N(C)CCCn1nnc(Cc2ccc(O)cc2)n1. The number of imidazole rings is 1. The summed E-state index contributed by atoms with van der Waals surface area (Å²) < 4.78 is 0. The van der Waals surface area contributed by atoms with Crippen molar-refractivity contribution in [1.29, 1.82) is 0 Å². The topological polar surface area (TPSA) is 116 Å². The second-order valence-electron chi connectivity index (χ2n) is 8.04. The van der Waals surface area contributed by atoms with Crippen molar-refractivity contribution in [3.8, 4) is 5.75 Å². The predicted molar refractivity (Wildman–Crippen MR) is 127 cm³/mol. The zero-order valence-electron chi connectivity index (χ0n) is 19.5. The van der Waals surface area contributed by atoms with Crippen LogP contribution in [0.15, 0.2) is 30.8 Å². The van der Waals surface area contributed by atoms with E-state index in [4.69, 9.17) is 0 Å². The third-order valence-electron chi connectivity index (χ3n) is 5.35. The number of phenolic OH excluding ortho intramolecular Hbond substituents is 1. The van der Waals surface area contributed by atoms with Crippen LogP contribution >= 0.6 is 0 Å². The van der Waals surface area contributed by atoms with Gasteiger partial charge >= 0.3 is 0 Å². The summed E-state index contributed by atoms with van der Waals surface area (Å²) in [6.45, 7) is 10.1. The number of tetrazole rings is 1. The summed E-state index contributed by atoms with van der Waals surface area (Å²) in [5.41, 5.74) is 2.54. The second kappa shape index (κ2) is 11.3. The van der Waals surface area contributed by atoms with Gasteiger partial charge in [-0.15, -0.1) is 10.2 Å². The molecule has 1 amide bonds. The number of phenols is 1. The maximum atomic E-state index is 11.6. The van der Waals surface area contributed by atoms with Gasteiger partial charge in [-0.05, 0) is 42.7 Å².